The summed E-state index contributed by atoms with van der Waals surface area (Å²) in [6, 6.07) is 0. The topological polar surface area (TPSA) is 56.0 Å². The average Bonchev–Trinajstić information content (AvgIpc) is 2.02. The SMILES string of the molecule is NC(=O)c1cnc(Br)c(C(F)F)c1Br. The van der Waals surface area contributed by atoms with Crippen molar-refractivity contribution < 1.29 is 13.6 Å². The van der Waals surface area contributed by atoms with Crippen LogP contribution < -0.4 is 5.73 Å². The molecule has 3 nitrogen and oxygen atoms in total. The molecule has 2 N–H and O–H groups in total. The number of nitrogens with two attached hydrogens (primary N) is 1. The third kappa shape index (κ3) is 2.09. The van der Waals surface area contributed by atoms with Crippen LogP contribution in [-0.4, -0.2) is 10.9 Å². The van der Waals surface area contributed by atoms with Crippen LogP contribution in [0.3, 0.4) is 0 Å². The molecule has 14 heavy (non-hydrogen) atoms. The fourth-order valence-corrected chi connectivity index (χ4v) is 2.24. The number of rotatable bonds is 2. The maximum absolute atomic E-state index is 12.5. The van der Waals surface area contributed by atoms with Gasteiger partial charge in [-0.15, -0.1) is 0 Å². The minimum Gasteiger partial charge on any atom is -0.366 e. The van der Waals surface area contributed by atoms with Gasteiger partial charge in [0.15, 0.2) is 0 Å². The van der Waals surface area contributed by atoms with Gasteiger partial charge >= 0.3 is 0 Å². The quantitative estimate of drug-likeness (QED) is 0.848. The fraction of sp³-hybridized carbons (Fsp3) is 0.143. The van der Waals surface area contributed by atoms with Crippen LogP contribution in [-0.2, 0) is 0 Å². The molecule has 0 aromatic carbocycles. The van der Waals surface area contributed by atoms with Crippen molar-refractivity contribution in [2.75, 3.05) is 0 Å². The van der Waals surface area contributed by atoms with Crippen molar-refractivity contribution in [1.82, 2.24) is 4.98 Å². The van der Waals surface area contributed by atoms with E-state index in [2.05, 4.69) is 36.8 Å². The summed E-state index contributed by atoms with van der Waals surface area (Å²) in [5.41, 5.74) is 4.52. The molecule has 0 unspecified atom stereocenters. The molecule has 0 radical (unpaired) electrons. The van der Waals surface area contributed by atoms with Crippen LogP contribution in [0.1, 0.15) is 22.3 Å². The third-order valence-electron chi connectivity index (χ3n) is 1.49. The maximum atomic E-state index is 12.5. The molecule has 1 heterocycles. The number of nitrogens with zero attached hydrogens (tertiary/aromatic N) is 1. The van der Waals surface area contributed by atoms with Crippen molar-refractivity contribution in [1.29, 1.82) is 0 Å². The minimum atomic E-state index is -2.73. The lowest BCUT2D eigenvalue weighted by atomic mass is 10.2. The van der Waals surface area contributed by atoms with E-state index in [9.17, 15) is 13.6 Å². The van der Waals surface area contributed by atoms with Gasteiger partial charge < -0.3 is 5.73 Å². The van der Waals surface area contributed by atoms with Gasteiger partial charge in [0.2, 0.25) is 0 Å². The van der Waals surface area contributed by atoms with E-state index >= 15 is 0 Å². The Morgan fingerprint density at radius 1 is 1.50 bits per heavy atom. The second-order valence-electron chi connectivity index (χ2n) is 2.36. The van der Waals surface area contributed by atoms with Gasteiger partial charge in [0, 0.05) is 10.7 Å². The maximum Gasteiger partial charge on any atom is 0.267 e. The van der Waals surface area contributed by atoms with Crippen LogP contribution in [0.25, 0.3) is 0 Å². The van der Waals surface area contributed by atoms with Crippen molar-refractivity contribution in [2.24, 2.45) is 5.73 Å². The fourth-order valence-electron chi connectivity index (χ4n) is 0.841. The summed E-state index contributed by atoms with van der Waals surface area (Å²) >= 11 is 5.74. The molecule has 0 spiro atoms. The van der Waals surface area contributed by atoms with E-state index in [4.69, 9.17) is 5.73 Å². The molecular formula is C7H4Br2F2N2O. The molecule has 7 heteroatoms. The van der Waals surface area contributed by atoms with Gasteiger partial charge in [0.1, 0.15) is 4.60 Å². The zero-order chi connectivity index (χ0) is 10.9. The molecule has 1 rings (SSSR count). The molecule has 76 valence electrons. The average molecular weight is 330 g/mol. The summed E-state index contributed by atoms with van der Waals surface area (Å²) in [5, 5.41) is 0. The Bertz CT molecular complexity index is 384. The number of hydrogen-bond acceptors (Lipinski definition) is 2. The molecule has 0 aliphatic rings. The van der Waals surface area contributed by atoms with E-state index in [1.54, 1.807) is 0 Å². The number of halogens is 4. The smallest absolute Gasteiger partial charge is 0.267 e. The van der Waals surface area contributed by atoms with Crippen molar-refractivity contribution in [3.63, 3.8) is 0 Å². The van der Waals surface area contributed by atoms with E-state index in [-0.39, 0.29) is 20.2 Å². The Labute approximate surface area is 94.9 Å². The van der Waals surface area contributed by atoms with Gasteiger partial charge in [0.05, 0.1) is 11.1 Å². The van der Waals surface area contributed by atoms with E-state index < -0.39 is 12.3 Å². The molecule has 0 bridgehead atoms. The number of carbonyl (C=O) groups excluding carboxylic acids is 1. The normalized spacial score (nSPS) is 10.6. The summed E-state index contributed by atoms with van der Waals surface area (Å²) in [5.74, 6) is -0.807. The molecule has 1 amide bonds. The van der Waals surface area contributed by atoms with E-state index in [0.29, 0.717) is 0 Å². The lowest BCUT2D eigenvalue weighted by molar-refractivity contribution is 0.0998. The summed E-state index contributed by atoms with van der Waals surface area (Å²) in [6.45, 7) is 0. The first-order valence-electron chi connectivity index (χ1n) is 3.37. The van der Waals surface area contributed by atoms with Crippen LogP contribution >= 0.6 is 31.9 Å². The second kappa shape index (κ2) is 4.31. The largest absolute Gasteiger partial charge is 0.366 e. The molecule has 1 aromatic rings. The molecule has 0 fully saturated rings. The van der Waals surface area contributed by atoms with E-state index in [0.717, 1.165) is 6.20 Å². The van der Waals surface area contributed by atoms with E-state index in [1.165, 1.54) is 0 Å². The van der Waals surface area contributed by atoms with Crippen LogP contribution in [0.2, 0.25) is 0 Å². The van der Waals surface area contributed by atoms with Crippen LogP contribution in [0, 0.1) is 0 Å². The molecule has 1 aromatic heterocycles. The number of alkyl halides is 2. The summed E-state index contributed by atoms with van der Waals surface area (Å²) in [7, 11) is 0. The molecule has 0 aliphatic carbocycles. The molecular weight excluding hydrogens is 326 g/mol. The summed E-state index contributed by atoms with van der Waals surface area (Å²) in [4.78, 5) is 14.4. The Hall–Kier alpha value is -0.560. The highest BCUT2D eigenvalue weighted by atomic mass is 79.9. The Morgan fingerprint density at radius 3 is 2.50 bits per heavy atom. The lowest BCUT2D eigenvalue weighted by Gasteiger charge is -2.07. The first-order valence-corrected chi connectivity index (χ1v) is 4.95. The van der Waals surface area contributed by atoms with Crippen LogP contribution in [0.15, 0.2) is 15.3 Å². The predicted octanol–water partition coefficient (Wildman–Crippen LogP) is 2.64. The van der Waals surface area contributed by atoms with Gasteiger partial charge in [0.25, 0.3) is 12.3 Å². The van der Waals surface area contributed by atoms with Gasteiger partial charge in [-0.25, -0.2) is 13.8 Å². The summed E-state index contributed by atoms with van der Waals surface area (Å²) in [6.07, 6.45) is -1.60. The molecule has 0 aliphatic heterocycles. The number of primary amides is 1. The van der Waals surface area contributed by atoms with Crippen molar-refractivity contribution in [3.05, 3.63) is 26.4 Å². The third-order valence-corrected chi connectivity index (χ3v) is 2.97. The van der Waals surface area contributed by atoms with Gasteiger partial charge in [-0.05, 0) is 31.9 Å². The first-order chi connectivity index (χ1) is 6.45. The zero-order valence-electron chi connectivity index (χ0n) is 6.60. The number of pyridine rings is 1. The molecule has 0 atom stereocenters. The van der Waals surface area contributed by atoms with E-state index in [1.807, 2.05) is 0 Å². The zero-order valence-corrected chi connectivity index (χ0v) is 9.77. The van der Waals surface area contributed by atoms with Crippen molar-refractivity contribution >= 4 is 37.8 Å². The second-order valence-corrected chi connectivity index (χ2v) is 3.90. The lowest BCUT2D eigenvalue weighted by Crippen LogP contribution is -2.13. The number of hydrogen-bond donors (Lipinski definition) is 1. The Morgan fingerprint density at radius 2 is 2.07 bits per heavy atom. The highest BCUT2D eigenvalue weighted by Crippen LogP contribution is 2.34. The van der Waals surface area contributed by atoms with Gasteiger partial charge in [-0.1, -0.05) is 0 Å². The van der Waals surface area contributed by atoms with Crippen molar-refractivity contribution in [2.45, 2.75) is 6.43 Å². The predicted molar refractivity (Wildman–Crippen MR) is 53.1 cm³/mol. The monoisotopic (exact) mass is 328 g/mol. The van der Waals surface area contributed by atoms with Crippen LogP contribution in [0.5, 0.6) is 0 Å². The Balaban J connectivity index is 3.41. The molecule has 0 saturated heterocycles. The highest BCUT2D eigenvalue weighted by molar-refractivity contribution is 9.11. The van der Waals surface area contributed by atoms with Crippen molar-refractivity contribution in [3.8, 4) is 0 Å². The summed E-state index contributed by atoms with van der Waals surface area (Å²) < 4.78 is 24.9. The Kier molecular flexibility index (Phi) is 3.54. The molecule has 0 saturated carbocycles. The number of carbonyl (C=O) groups is 1. The minimum absolute atomic E-state index is 0.00984. The van der Waals surface area contributed by atoms with Gasteiger partial charge in [-0.2, -0.15) is 0 Å². The van der Waals surface area contributed by atoms with Gasteiger partial charge in [-0.3, -0.25) is 4.79 Å². The number of amides is 1. The highest BCUT2D eigenvalue weighted by Gasteiger charge is 2.21. The van der Waals surface area contributed by atoms with Crippen LogP contribution in [0.4, 0.5) is 8.78 Å². The standard InChI is InChI=1S/C7H4Br2F2N2O/c8-4-2(7(12)14)1-13-5(9)3(4)6(10)11/h1,6H,(H2,12,14). The number of aromatic nitrogens is 1. The first kappa shape index (κ1) is 11.5.